The molecule has 0 spiro atoms. The van der Waals surface area contributed by atoms with Gasteiger partial charge in [0.2, 0.25) is 5.88 Å². The zero-order chi connectivity index (χ0) is 24.1. The van der Waals surface area contributed by atoms with Crippen LogP contribution in [-0.2, 0) is 11.2 Å². The van der Waals surface area contributed by atoms with E-state index in [0.717, 1.165) is 12.0 Å². The molecule has 4 rings (SSSR count). The molecule has 0 radical (unpaired) electrons. The van der Waals surface area contributed by atoms with Crippen molar-refractivity contribution in [1.29, 1.82) is 0 Å². The van der Waals surface area contributed by atoms with Crippen LogP contribution in [0.4, 0.5) is 0 Å². The monoisotopic (exact) mass is 481 g/mol. The molecule has 0 aliphatic carbocycles. The van der Waals surface area contributed by atoms with Gasteiger partial charge in [-0.2, -0.15) is 0 Å². The maximum atomic E-state index is 12.5. The van der Waals surface area contributed by atoms with Gasteiger partial charge in [0.1, 0.15) is 17.2 Å². The van der Waals surface area contributed by atoms with Crippen LogP contribution in [0.1, 0.15) is 46.7 Å². The van der Waals surface area contributed by atoms with E-state index in [9.17, 15) is 14.7 Å². The van der Waals surface area contributed by atoms with Crippen LogP contribution in [0.25, 0.3) is 0 Å². The third kappa shape index (κ3) is 5.48. The maximum absolute atomic E-state index is 12.5. The number of aliphatic carboxylic acids is 1. The lowest BCUT2D eigenvalue weighted by Crippen LogP contribution is -2.20. The summed E-state index contributed by atoms with van der Waals surface area (Å²) in [6.07, 6.45) is 4.04. The van der Waals surface area contributed by atoms with Gasteiger partial charge >= 0.3 is 5.97 Å². The number of aryl methyl sites for hydroxylation is 1. The Hall–Kier alpha value is -3.58. The van der Waals surface area contributed by atoms with Gasteiger partial charge in [-0.1, -0.05) is 17.7 Å². The SMILES string of the molecule is COc1ccc(CCCC(=O)c2ccc(Oc3cc4c(cc3Cl)C(C(=O)O)CCO4)cc2)cn1. The van der Waals surface area contributed by atoms with Crippen LogP contribution < -0.4 is 14.2 Å². The van der Waals surface area contributed by atoms with Crippen LogP contribution >= 0.6 is 11.6 Å². The van der Waals surface area contributed by atoms with Crippen molar-refractivity contribution in [1.82, 2.24) is 4.98 Å². The van der Waals surface area contributed by atoms with Gasteiger partial charge in [-0.05, 0) is 55.2 Å². The number of carbonyl (C=O) groups is 2. The number of Topliss-reactive ketones (excluding diaryl/α,β-unsaturated/α-hetero) is 1. The van der Waals surface area contributed by atoms with Crippen molar-refractivity contribution >= 4 is 23.4 Å². The first-order valence-corrected chi connectivity index (χ1v) is 11.3. The molecule has 2 heterocycles. The number of ether oxygens (including phenoxy) is 3. The second kappa shape index (κ2) is 10.6. The lowest BCUT2D eigenvalue weighted by molar-refractivity contribution is -0.139. The number of rotatable bonds is 9. The first-order chi connectivity index (χ1) is 16.4. The maximum Gasteiger partial charge on any atom is 0.311 e. The molecule has 1 N–H and O–H groups in total. The van der Waals surface area contributed by atoms with Crippen LogP contribution in [0.2, 0.25) is 5.02 Å². The molecule has 1 atom stereocenters. The molecule has 0 bridgehead atoms. The quantitative estimate of drug-likeness (QED) is 0.392. The van der Waals surface area contributed by atoms with Crippen molar-refractivity contribution in [3.63, 3.8) is 0 Å². The number of aromatic nitrogens is 1. The summed E-state index contributed by atoms with van der Waals surface area (Å²) in [6, 6.07) is 13.8. The van der Waals surface area contributed by atoms with Crippen molar-refractivity contribution in [3.8, 4) is 23.1 Å². The molecule has 1 aliphatic heterocycles. The molecule has 3 aromatic rings. The zero-order valence-electron chi connectivity index (χ0n) is 18.6. The number of benzene rings is 2. The highest BCUT2D eigenvalue weighted by Gasteiger charge is 2.29. The van der Waals surface area contributed by atoms with E-state index in [1.807, 2.05) is 6.07 Å². The average Bonchev–Trinajstić information content (AvgIpc) is 2.85. The van der Waals surface area contributed by atoms with Crippen molar-refractivity contribution in [3.05, 3.63) is 76.4 Å². The summed E-state index contributed by atoms with van der Waals surface area (Å²) in [6.45, 7) is 0.316. The van der Waals surface area contributed by atoms with Crippen molar-refractivity contribution in [2.24, 2.45) is 0 Å². The van der Waals surface area contributed by atoms with Gasteiger partial charge in [0, 0.05) is 35.9 Å². The number of hydrogen-bond acceptors (Lipinski definition) is 6. The van der Waals surface area contributed by atoms with Gasteiger partial charge in [0.05, 0.1) is 24.7 Å². The Bertz CT molecular complexity index is 1180. The zero-order valence-corrected chi connectivity index (χ0v) is 19.4. The van der Waals surface area contributed by atoms with Gasteiger partial charge in [-0.25, -0.2) is 4.98 Å². The van der Waals surface area contributed by atoms with Gasteiger partial charge in [-0.15, -0.1) is 0 Å². The number of methoxy groups -OCH3 is 1. The van der Waals surface area contributed by atoms with Gasteiger partial charge in [0.25, 0.3) is 0 Å². The first-order valence-electron chi connectivity index (χ1n) is 10.9. The van der Waals surface area contributed by atoms with Gasteiger partial charge in [-0.3, -0.25) is 9.59 Å². The molecule has 0 saturated carbocycles. The van der Waals surface area contributed by atoms with Gasteiger partial charge in [0.15, 0.2) is 5.78 Å². The minimum atomic E-state index is -0.907. The third-order valence-corrected chi connectivity index (χ3v) is 5.98. The molecular weight excluding hydrogens is 458 g/mol. The number of nitrogens with zero attached hydrogens (tertiary/aromatic N) is 1. The number of pyridine rings is 1. The smallest absolute Gasteiger partial charge is 0.311 e. The fraction of sp³-hybridized carbons (Fsp3) is 0.269. The van der Waals surface area contributed by atoms with Crippen molar-refractivity contribution < 1.29 is 28.9 Å². The number of carboxylic acids is 1. The lowest BCUT2D eigenvalue weighted by atomic mass is 9.93. The van der Waals surface area contributed by atoms with Crippen LogP contribution in [0.15, 0.2) is 54.7 Å². The van der Waals surface area contributed by atoms with E-state index in [0.29, 0.717) is 65.1 Å². The molecule has 7 nitrogen and oxygen atoms in total. The molecule has 1 aromatic heterocycles. The fourth-order valence-electron chi connectivity index (χ4n) is 3.84. The molecule has 0 amide bonds. The van der Waals surface area contributed by atoms with Crippen molar-refractivity contribution in [2.45, 2.75) is 31.6 Å². The van der Waals surface area contributed by atoms with Gasteiger partial charge < -0.3 is 19.3 Å². The Labute approximate surface area is 202 Å². The summed E-state index contributed by atoms with van der Waals surface area (Å²) < 4.78 is 16.5. The molecule has 176 valence electrons. The lowest BCUT2D eigenvalue weighted by Gasteiger charge is -2.24. The number of fused-ring (bicyclic) bond motifs is 1. The van der Waals surface area contributed by atoms with E-state index in [4.69, 9.17) is 25.8 Å². The molecule has 8 heteroatoms. The molecule has 2 aromatic carbocycles. The average molecular weight is 482 g/mol. The van der Waals surface area contributed by atoms with Crippen LogP contribution in [0, 0.1) is 0 Å². The Morgan fingerprint density at radius 1 is 1.18 bits per heavy atom. The van der Waals surface area contributed by atoms with Crippen LogP contribution in [-0.4, -0.2) is 35.6 Å². The number of carboxylic acid groups (broad SMARTS) is 1. The standard InChI is InChI=1S/C26H24ClNO6/c1-32-25-10-5-16(15-28-25)3-2-4-22(29)17-6-8-18(9-7-17)34-24-14-23-20(13-21(24)27)19(26(30)31)11-12-33-23/h5-10,13-15,19H,2-4,11-12H2,1H3,(H,30,31). The van der Waals surface area contributed by atoms with Crippen LogP contribution in [0.5, 0.6) is 23.1 Å². The Balaban J connectivity index is 1.36. The second-order valence-corrected chi connectivity index (χ2v) is 8.37. The van der Waals surface area contributed by atoms with E-state index in [-0.39, 0.29) is 5.78 Å². The normalized spacial score (nSPS) is 14.6. The first kappa shape index (κ1) is 23.6. The predicted molar refractivity (Wildman–Crippen MR) is 127 cm³/mol. The molecule has 1 aliphatic rings. The summed E-state index contributed by atoms with van der Waals surface area (Å²) in [5.74, 6) is 0.379. The van der Waals surface area contributed by atoms with E-state index in [1.54, 1.807) is 55.8 Å². The van der Waals surface area contributed by atoms with Crippen molar-refractivity contribution in [2.75, 3.05) is 13.7 Å². The van der Waals surface area contributed by atoms with E-state index >= 15 is 0 Å². The molecule has 0 saturated heterocycles. The second-order valence-electron chi connectivity index (χ2n) is 7.96. The largest absolute Gasteiger partial charge is 0.493 e. The Morgan fingerprint density at radius 3 is 2.65 bits per heavy atom. The molecule has 1 unspecified atom stereocenters. The number of ketones is 1. The summed E-state index contributed by atoms with van der Waals surface area (Å²) in [7, 11) is 1.57. The fourth-order valence-corrected chi connectivity index (χ4v) is 4.05. The Kier molecular flexibility index (Phi) is 7.33. The van der Waals surface area contributed by atoms with E-state index in [2.05, 4.69) is 4.98 Å². The predicted octanol–water partition coefficient (Wildman–Crippen LogP) is 5.69. The minimum Gasteiger partial charge on any atom is -0.493 e. The molecule has 34 heavy (non-hydrogen) atoms. The number of carbonyl (C=O) groups excluding carboxylic acids is 1. The third-order valence-electron chi connectivity index (χ3n) is 5.68. The number of halogens is 1. The van der Waals surface area contributed by atoms with Crippen LogP contribution in [0.3, 0.4) is 0 Å². The summed E-state index contributed by atoms with van der Waals surface area (Å²) in [5, 5.41) is 9.71. The summed E-state index contributed by atoms with van der Waals surface area (Å²) >= 11 is 6.35. The molecular formula is C26H24ClNO6. The summed E-state index contributed by atoms with van der Waals surface area (Å²) in [5.41, 5.74) is 2.20. The Morgan fingerprint density at radius 2 is 1.97 bits per heavy atom. The highest BCUT2D eigenvalue weighted by molar-refractivity contribution is 6.32. The molecule has 0 fully saturated rings. The topological polar surface area (TPSA) is 95.0 Å². The summed E-state index contributed by atoms with van der Waals surface area (Å²) in [4.78, 5) is 28.2. The minimum absolute atomic E-state index is 0.0490. The highest BCUT2D eigenvalue weighted by Crippen LogP contribution is 2.41. The van der Waals surface area contributed by atoms with E-state index in [1.165, 1.54) is 0 Å². The van der Waals surface area contributed by atoms with E-state index < -0.39 is 11.9 Å². The highest BCUT2D eigenvalue weighted by atomic mass is 35.5. The number of hydrogen-bond donors (Lipinski definition) is 1.